The van der Waals surface area contributed by atoms with Crippen LogP contribution in [-0.2, 0) is 0 Å². The minimum atomic E-state index is 0.347. The van der Waals surface area contributed by atoms with Crippen molar-refractivity contribution in [1.82, 2.24) is 4.98 Å². The second-order valence-electron chi connectivity index (χ2n) is 5.20. The van der Waals surface area contributed by atoms with Gasteiger partial charge < -0.3 is 11.1 Å². The lowest BCUT2D eigenvalue weighted by atomic mass is 10.1. The van der Waals surface area contributed by atoms with Gasteiger partial charge in [0.1, 0.15) is 4.99 Å². The topological polar surface area (TPSA) is 50.9 Å². The number of pyridine rings is 1. The largest absolute Gasteiger partial charge is 0.388 e. The van der Waals surface area contributed by atoms with Gasteiger partial charge in [0.2, 0.25) is 0 Å². The molecule has 0 saturated carbocycles. The summed E-state index contributed by atoms with van der Waals surface area (Å²) in [7, 11) is 0. The van der Waals surface area contributed by atoms with Crippen LogP contribution in [0.5, 0.6) is 0 Å². The number of hydrogen-bond donors (Lipinski definition) is 2. The minimum Gasteiger partial charge on any atom is -0.388 e. The first-order valence-electron chi connectivity index (χ1n) is 7.73. The number of hydrogen-bond acceptors (Lipinski definition) is 3. The molecule has 0 aliphatic rings. The first-order valence-corrected chi connectivity index (χ1v) is 8.14. The van der Waals surface area contributed by atoms with Crippen molar-refractivity contribution in [2.45, 2.75) is 58.3 Å². The molecule has 1 aromatic heterocycles. The summed E-state index contributed by atoms with van der Waals surface area (Å²) in [6.45, 7) is 3.26. The Bertz CT molecular complexity index is 376. The van der Waals surface area contributed by atoms with Gasteiger partial charge in [0.15, 0.2) is 0 Å². The number of nitrogens with zero attached hydrogens (tertiary/aromatic N) is 1. The summed E-state index contributed by atoms with van der Waals surface area (Å²) in [5.74, 6) is 0. The summed E-state index contributed by atoms with van der Waals surface area (Å²) in [5.41, 5.74) is 7.22. The third kappa shape index (κ3) is 7.43. The fraction of sp³-hybridized carbons (Fsp3) is 0.625. The first kappa shape index (κ1) is 16.9. The fourth-order valence-electron chi connectivity index (χ4n) is 2.14. The normalized spacial score (nSPS) is 10.4. The van der Waals surface area contributed by atoms with Crippen LogP contribution in [0.15, 0.2) is 18.3 Å². The van der Waals surface area contributed by atoms with E-state index in [9.17, 15) is 0 Å². The second-order valence-corrected chi connectivity index (χ2v) is 5.64. The number of nitrogens with one attached hydrogen (secondary N) is 1. The maximum atomic E-state index is 5.51. The zero-order valence-electron chi connectivity index (χ0n) is 12.5. The molecular weight excluding hydrogens is 266 g/mol. The van der Waals surface area contributed by atoms with Crippen molar-refractivity contribution in [1.29, 1.82) is 0 Å². The molecule has 1 aromatic rings. The SMILES string of the molecule is CCCCCCCCCCNc1ccc(C(N)=S)nc1. The molecule has 0 aliphatic carbocycles. The number of rotatable bonds is 11. The summed E-state index contributed by atoms with van der Waals surface area (Å²) in [5, 5.41) is 3.38. The van der Waals surface area contributed by atoms with Crippen LogP contribution in [0, 0.1) is 0 Å². The number of thiocarbonyl (C=S) groups is 1. The van der Waals surface area contributed by atoms with Crippen molar-refractivity contribution < 1.29 is 0 Å². The van der Waals surface area contributed by atoms with Gasteiger partial charge in [-0.3, -0.25) is 4.98 Å². The maximum absolute atomic E-state index is 5.51. The van der Waals surface area contributed by atoms with Gasteiger partial charge in [-0.05, 0) is 18.6 Å². The van der Waals surface area contributed by atoms with Crippen LogP contribution in [0.25, 0.3) is 0 Å². The molecule has 0 aliphatic heterocycles. The van der Waals surface area contributed by atoms with Crippen molar-refractivity contribution in [3.63, 3.8) is 0 Å². The van der Waals surface area contributed by atoms with E-state index in [0.29, 0.717) is 10.7 Å². The number of aromatic nitrogens is 1. The first-order chi connectivity index (χ1) is 9.74. The van der Waals surface area contributed by atoms with Crippen molar-refractivity contribution in [2.75, 3.05) is 11.9 Å². The standard InChI is InChI=1S/C16H27N3S/c1-2-3-4-5-6-7-8-9-12-18-14-10-11-15(16(17)20)19-13-14/h10-11,13,18H,2-9,12H2,1H3,(H2,17,20). The lowest BCUT2D eigenvalue weighted by Gasteiger charge is -2.06. The summed E-state index contributed by atoms with van der Waals surface area (Å²) >= 11 is 4.87. The van der Waals surface area contributed by atoms with E-state index in [-0.39, 0.29) is 0 Å². The Kier molecular flexibility index (Phi) is 8.96. The van der Waals surface area contributed by atoms with Crippen LogP contribution in [0.3, 0.4) is 0 Å². The number of unbranched alkanes of at least 4 members (excludes halogenated alkanes) is 7. The molecule has 3 nitrogen and oxygen atoms in total. The van der Waals surface area contributed by atoms with Crippen LogP contribution in [0.1, 0.15) is 64.0 Å². The molecule has 0 unspecified atom stereocenters. The van der Waals surface area contributed by atoms with Crippen LogP contribution >= 0.6 is 12.2 Å². The quantitative estimate of drug-likeness (QED) is 0.472. The fourth-order valence-corrected chi connectivity index (χ4v) is 2.26. The van der Waals surface area contributed by atoms with Gasteiger partial charge in [0, 0.05) is 6.54 Å². The molecule has 0 fully saturated rings. The van der Waals surface area contributed by atoms with Gasteiger partial charge >= 0.3 is 0 Å². The highest BCUT2D eigenvalue weighted by atomic mass is 32.1. The smallest absolute Gasteiger partial charge is 0.122 e. The van der Waals surface area contributed by atoms with Crippen molar-refractivity contribution in [2.24, 2.45) is 5.73 Å². The zero-order chi connectivity index (χ0) is 14.6. The summed E-state index contributed by atoms with van der Waals surface area (Å²) in [6, 6.07) is 3.84. The molecule has 0 radical (unpaired) electrons. The van der Waals surface area contributed by atoms with Gasteiger partial charge in [-0.25, -0.2) is 0 Å². The van der Waals surface area contributed by atoms with E-state index in [1.165, 1.54) is 51.4 Å². The third-order valence-electron chi connectivity index (χ3n) is 3.38. The van der Waals surface area contributed by atoms with Gasteiger partial charge in [-0.15, -0.1) is 0 Å². The van der Waals surface area contributed by atoms with E-state index in [2.05, 4.69) is 17.2 Å². The van der Waals surface area contributed by atoms with E-state index in [0.717, 1.165) is 12.2 Å². The van der Waals surface area contributed by atoms with Crippen molar-refractivity contribution >= 4 is 22.9 Å². The molecule has 0 saturated heterocycles. The van der Waals surface area contributed by atoms with E-state index in [1.807, 2.05) is 12.1 Å². The molecule has 0 bridgehead atoms. The molecular formula is C16H27N3S. The third-order valence-corrected chi connectivity index (χ3v) is 3.58. The number of nitrogens with two attached hydrogens (primary N) is 1. The van der Waals surface area contributed by atoms with Crippen molar-refractivity contribution in [3.05, 3.63) is 24.0 Å². The zero-order valence-corrected chi connectivity index (χ0v) is 13.3. The lowest BCUT2D eigenvalue weighted by molar-refractivity contribution is 0.581. The van der Waals surface area contributed by atoms with Crippen molar-refractivity contribution in [3.8, 4) is 0 Å². The van der Waals surface area contributed by atoms with Crippen LogP contribution < -0.4 is 11.1 Å². The molecule has 1 rings (SSSR count). The van der Waals surface area contributed by atoms with E-state index < -0.39 is 0 Å². The summed E-state index contributed by atoms with van der Waals surface area (Å²) in [4.78, 5) is 4.55. The monoisotopic (exact) mass is 293 g/mol. The summed E-state index contributed by atoms with van der Waals surface area (Å²) in [6.07, 6.45) is 12.5. The van der Waals surface area contributed by atoms with Gasteiger partial charge in [-0.2, -0.15) is 0 Å². The van der Waals surface area contributed by atoms with E-state index >= 15 is 0 Å². The highest BCUT2D eigenvalue weighted by molar-refractivity contribution is 7.80. The predicted octanol–water partition coefficient (Wildman–Crippen LogP) is 4.27. The second kappa shape index (κ2) is 10.6. The highest BCUT2D eigenvalue weighted by Crippen LogP contribution is 2.10. The van der Waals surface area contributed by atoms with Gasteiger partial charge in [0.05, 0.1) is 17.6 Å². The molecule has 1 heterocycles. The lowest BCUT2D eigenvalue weighted by Crippen LogP contribution is -2.11. The van der Waals surface area contributed by atoms with Gasteiger partial charge in [-0.1, -0.05) is 64.1 Å². The summed E-state index contributed by atoms with van der Waals surface area (Å²) < 4.78 is 0. The Labute approximate surface area is 128 Å². The molecule has 112 valence electrons. The van der Waals surface area contributed by atoms with E-state index in [4.69, 9.17) is 18.0 Å². The average Bonchev–Trinajstić information content (AvgIpc) is 2.46. The molecule has 0 spiro atoms. The maximum Gasteiger partial charge on any atom is 0.122 e. The molecule has 4 heteroatoms. The highest BCUT2D eigenvalue weighted by Gasteiger charge is 1.98. The Balaban J connectivity index is 2.02. The predicted molar refractivity (Wildman–Crippen MR) is 91.2 cm³/mol. The molecule has 20 heavy (non-hydrogen) atoms. The Hall–Kier alpha value is -1.16. The minimum absolute atomic E-state index is 0.347. The Morgan fingerprint density at radius 1 is 1.10 bits per heavy atom. The molecule has 0 atom stereocenters. The Morgan fingerprint density at radius 3 is 2.30 bits per heavy atom. The molecule has 0 amide bonds. The van der Waals surface area contributed by atoms with Gasteiger partial charge in [0.25, 0.3) is 0 Å². The average molecular weight is 293 g/mol. The molecule has 3 N–H and O–H groups in total. The molecule has 0 aromatic carbocycles. The van der Waals surface area contributed by atoms with Crippen LogP contribution in [-0.4, -0.2) is 16.5 Å². The van der Waals surface area contributed by atoms with Crippen LogP contribution in [0.4, 0.5) is 5.69 Å². The Morgan fingerprint density at radius 2 is 1.75 bits per heavy atom. The van der Waals surface area contributed by atoms with E-state index in [1.54, 1.807) is 6.20 Å². The van der Waals surface area contributed by atoms with Crippen LogP contribution in [0.2, 0.25) is 0 Å². The number of anilines is 1.